The monoisotopic (exact) mass is 230 g/mol. The lowest BCUT2D eigenvalue weighted by atomic mass is 10.00. The normalized spacial score (nSPS) is 12.2. The first-order chi connectivity index (χ1) is 7.08. The summed E-state index contributed by atoms with van der Waals surface area (Å²) in [6.07, 6.45) is 0. The summed E-state index contributed by atoms with van der Waals surface area (Å²) in [7, 11) is 1.46. The average molecular weight is 231 g/mol. The summed E-state index contributed by atoms with van der Waals surface area (Å²) in [6, 6.07) is 4.61. The summed E-state index contributed by atoms with van der Waals surface area (Å²) in [5.74, 6) is -1.60. The smallest absolute Gasteiger partial charge is 0.313 e. The number of methoxy groups -OCH3 is 1. The molecule has 1 atom stereocenters. The van der Waals surface area contributed by atoms with Crippen LogP contribution in [0.4, 0.5) is 0 Å². The van der Waals surface area contributed by atoms with Crippen LogP contribution in [0.1, 0.15) is 11.5 Å². The number of ether oxygens (including phenoxy) is 1. The molecule has 0 aliphatic rings. The number of benzene rings is 1. The number of hydrogen-bond donors (Lipinski definition) is 2. The molecule has 0 aliphatic heterocycles. The van der Waals surface area contributed by atoms with Crippen LogP contribution in [0.25, 0.3) is 0 Å². The molecular weight excluding hydrogens is 220 g/mol. The Hall–Kier alpha value is -1.26. The summed E-state index contributed by atoms with van der Waals surface area (Å²) < 4.78 is 4.95. The molecule has 2 N–H and O–H groups in total. The standard InChI is InChI=1S/C10H11ClO4/c1-15-8-3-6(2-7(11)4-8)9(5-12)10(13)14/h2-4,9,12H,5H2,1H3,(H,13,14)/t9-/m0/s1. The van der Waals surface area contributed by atoms with Crippen molar-refractivity contribution in [3.05, 3.63) is 28.8 Å². The number of hydrogen-bond acceptors (Lipinski definition) is 3. The van der Waals surface area contributed by atoms with Crippen molar-refractivity contribution < 1.29 is 19.7 Å². The van der Waals surface area contributed by atoms with E-state index in [1.54, 1.807) is 12.1 Å². The van der Waals surface area contributed by atoms with Gasteiger partial charge in [-0.2, -0.15) is 0 Å². The minimum absolute atomic E-state index is 0.379. The topological polar surface area (TPSA) is 66.8 Å². The second-order valence-corrected chi connectivity index (χ2v) is 3.43. The van der Waals surface area contributed by atoms with Crippen molar-refractivity contribution in [2.45, 2.75) is 5.92 Å². The highest BCUT2D eigenvalue weighted by atomic mass is 35.5. The van der Waals surface area contributed by atoms with Crippen molar-refractivity contribution in [3.63, 3.8) is 0 Å². The number of carboxylic acids is 1. The highest BCUT2D eigenvalue weighted by Crippen LogP contribution is 2.26. The Bertz CT molecular complexity index is 364. The van der Waals surface area contributed by atoms with Crippen LogP contribution in [0.15, 0.2) is 18.2 Å². The van der Waals surface area contributed by atoms with Gasteiger partial charge in [-0.05, 0) is 23.8 Å². The molecule has 0 heterocycles. The fraction of sp³-hybridized carbons (Fsp3) is 0.300. The van der Waals surface area contributed by atoms with E-state index in [9.17, 15) is 4.79 Å². The number of aliphatic carboxylic acids is 1. The molecule has 0 aliphatic carbocycles. The van der Waals surface area contributed by atoms with Gasteiger partial charge in [0.15, 0.2) is 0 Å². The van der Waals surface area contributed by atoms with Gasteiger partial charge in [0.2, 0.25) is 0 Å². The molecule has 0 spiro atoms. The van der Waals surface area contributed by atoms with Gasteiger partial charge in [-0.3, -0.25) is 4.79 Å². The molecule has 0 fully saturated rings. The maximum atomic E-state index is 10.8. The number of rotatable bonds is 4. The molecule has 0 unspecified atom stereocenters. The van der Waals surface area contributed by atoms with E-state index in [4.69, 9.17) is 26.6 Å². The lowest BCUT2D eigenvalue weighted by Crippen LogP contribution is -2.15. The minimum Gasteiger partial charge on any atom is -0.497 e. The van der Waals surface area contributed by atoms with Crippen LogP contribution in [-0.4, -0.2) is 29.9 Å². The highest BCUT2D eigenvalue weighted by molar-refractivity contribution is 6.30. The molecule has 0 saturated carbocycles. The van der Waals surface area contributed by atoms with E-state index in [-0.39, 0.29) is 0 Å². The number of halogens is 1. The summed E-state index contributed by atoms with van der Waals surface area (Å²) in [4.78, 5) is 10.8. The van der Waals surface area contributed by atoms with Gasteiger partial charge < -0.3 is 14.9 Å². The number of carboxylic acid groups (broad SMARTS) is 1. The van der Waals surface area contributed by atoms with Crippen LogP contribution >= 0.6 is 11.6 Å². The molecule has 1 aromatic rings. The highest BCUT2D eigenvalue weighted by Gasteiger charge is 2.19. The third-order valence-corrected chi connectivity index (χ3v) is 2.23. The molecule has 1 rings (SSSR count). The van der Waals surface area contributed by atoms with E-state index in [2.05, 4.69) is 0 Å². The van der Waals surface area contributed by atoms with Crippen molar-refractivity contribution in [3.8, 4) is 5.75 Å². The van der Waals surface area contributed by atoms with Crippen LogP contribution in [0.3, 0.4) is 0 Å². The average Bonchev–Trinajstić information content (AvgIpc) is 2.17. The molecule has 82 valence electrons. The number of aliphatic hydroxyl groups is 1. The number of aliphatic hydroxyl groups excluding tert-OH is 1. The van der Waals surface area contributed by atoms with Gasteiger partial charge in [0, 0.05) is 5.02 Å². The third kappa shape index (κ3) is 2.84. The van der Waals surface area contributed by atoms with Gasteiger partial charge in [-0.1, -0.05) is 11.6 Å². The van der Waals surface area contributed by atoms with Crippen molar-refractivity contribution >= 4 is 17.6 Å². The molecule has 0 radical (unpaired) electrons. The maximum Gasteiger partial charge on any atom is 0.313 e. The Kier molecular flexibility index (Phi) is 3.94. The van der Waals surface area contributed by atoms with Crippen molar-refractivity contribution in [1.29, 1.82) is 0 Å². The van der Waals surface area contributed by atoms with Crippen LogP contribution in [0.2, 0.25) is 5.02 Å². The minimum atomic E-state index is -1.10. The largest absolute Gasteiger partial charge is 0.497 e. The van der Waals surface area contributed by atoms with E-state index < -0.39 is 18.5 Å². The molecular formula is C10H11ClO4. The Morgan fingerprint density at radius 3 is 2.67 bits per heavy atom. The fourth-order valence-corrected chi connectivity index (χ4v) is 1.46. The molecule has 15 heavy (non-hydrogen) atoms. The summed E-state index contributed by atoms with van der Waals surface area (Å²) in [5, 5.41) is 18.2. The lowest BCUT2D eigenvalue weighted by molar-refractivity contribution is -0.139. The van der Waals surface area contributed by atoms with Crippen LogP contribution in [0, 0.1) is 0 Å². The molecule has 5 heteroatoms. The SMILES string of the molecule is COc1cc(Cl)cc([C@H](CO)C(=O)O)c1. The third-order valence-electron chi connectivity index (χ3n) is 2.01. The Labute approximate surface area is 92.1 Å². The van der Waals surface area contributed by atoms with Gasteiger partial charge in [-0.15, -0.1) is 0 Å². The van der Waals surface area contributed by atoms with Crippen LogP contribution < -0.4 is 4.74 Å². The van der Waals surface area contributed by atoms with E-state index in [1.807, 2.05) is 0 Å². The lowest BCUT2D eigenvalue weighted by Gasteiger charge is -2.11. The Morgan fingerprint density at radius 1 is 1.53 bits per heavy atom. The van der Waals surface area contributed by atoms with Crippen molar-refractivity contribution in [2.75, 3.05) is 13.7 Å². The van der Waals surface area contributed by atoms with Gasteiger partial charge in [-0.25, -0.2) is 0 Å². The molecule has 0 bridgehead atoms. The van der Waals surface area contributed by atoms with E-state index in [1.165, 1.54) is 13.2 Å². The predicted molar refractivity (Wildman–Crippen MR) is 55.5 cm³/mol. The van der Waals surface area contributed by atoms with Gasteiger partial charge in [0.1, 0.15) is 11.7 Å². The quantitative estimate of drug-likeness (QED) is 0.823. The van der Waals surface area contributed by atoms with Crippen LogP contribution in [-0.2, 0) is 4.79 Å². The van der Waals surface area contributed by atoms with Crippen molar-refractivity contribution in [1.82, 2.24) is 0 Å². The maximum absolute atomic E-state index is 10.8. The zero-order valence-electron chi connectivity index (χ0n) is 8.11. The van der Waals surface area contributed by atoms with Gasteiger partial charge >= 0.3 is 5.97 Å². The molecule has 0 saturated heterocycles. The Morgan fingerprint density at radius 2 is 2.20 bits per heavy atom. The van der Waals surface area contributed by atoms with Crippen LogP contribution in [0.5, 0.6) is 5.75 Å². The molecule has 0 amide bonds. The van der Waals surface area contributed by atoms with E-state index in [0.29, 0.717) is 16.3 Å². The van der Waals surface area contributed by atoms with Gasteiger partial charge in [0.05, 0.1) is 13.7 Å². The zero-order chi connectivity index (χ0) is 11.4. The summed E-state index contributed by atoms with van der Waals surface area (Å²) >= 11 is 5.78. The zero-order valence-corrected chi connectivity index (χ0v) is 8.86. The first-order valence-corrected chi connectivity index (χ1v) is 4.64. The summed E-state index contributed by atoms with van der Waals surface area (Å²) in [6.45, 7) is -0.473. The first-order valence-electron chi connectivity index (χ1n) is 4.26. The fourth-order valence-electron chi connectivity index (χ4n) is 1.23. The molecule has 1 aromatic carbocycles. The second-order valence-electron chi connectivity index (χ2n) is 3.00. The molecule has 4 nitrogen and oxygen atoms in total. The van der Waals surface area contributed by atoms with E-state index >= 15 is 0 Å². The van der Waals surface area contributed by atoms with Gasteiger partial charge in [0.25, 0.3) is 0 Å². The van der Waals surface area contributed by atoms with Crippen molar-refractivity contribution in [2.24, 2.45) is 0 Å². The predicted octanol–water partition coefficient (Wildman–Crippen LogP) is 1.51. The number of carbonyl (C=O) groups is 1. The first kappa shape index (κ1) is 11.8. The van der Waals surface area contributed by atoms with E-state index in [0.717, 1.165) is 0 Å². The molecule has 0 aromatic heterocycles. The Balaban J connectivity index is 3.11. The summed E-state index contributed by atoms with van der Waals surface area (Å²) in [5.41, 5.74) is 0.425. The second kappa shape index (κ2) is 5.00.